The molecule has 3 aromatic rings. The molecule has 0 saturated carbocycles. The van der Waals surface area contributed by atoms with Crippen molar-refractivity contribution in [3.8, 4) is 0 Å². The van der Waals surface area contributed by atoms with Gasteiger partial charge in [-0.25, -0.2) is 12.8 Å². The Morgan fingerprint density at radius 1 is 0.921 bits per heavy atom. The second-order valence-electron chi connectivity index (χ2n) is 9.27. The molecule has 3 rings (SSSR count). The first-order valence-electron chi connectivity index (χ1n) is 12.5. The summed E-state index contributed by atoms with van der Waals surface area (Å²) in [6.45, 7) is 6.40. The lowest BCUT2D eigenvalue weighted by molar-refractivity contribution is -0.139. The van der Waals surface area contributed by atoms with E-state index in [0.29, 0.717) is 12.1 Å². The quantitative estimate of drug-likeness (QED) is 0.384. The van der Waals surface area contributed by atoms with Crippen molar-refractivity contribution in [1.82, 2.24) is 10.2 Å². The topological polar surface area (TPSA) is 86.8 Å². The first-order valence-corrected chi connectivity index (χ1v) is 14.0. The van der Waals surface area contributed by atoms with Crippen LogP contribution in [0.15, 0.2) is 83.8 Å². The van der Waals surface area contributed by atoms with E-state index in [1.165, 1.54) is 35.2 Å². The van der Waals surface area contributed by atoms with Gasteiger partial charge in [0.1, 0.15) is 18.4 Å². The number of halogens is 1. The van der Waals surface area contributed by atoms with Gasteiger partial charge in [0.05, 0.1) is 10.6 Å². The molecule has 0 heterocycles. The van der Waals surface area contributed by atoms with E-state index in [1.807, 2.05) is 20.8 Å². The van der Waals surface area contributed by atoms with Crippen molar-refractivity contribution < 1.29 is 22.4 Å². The number of aryl methyl sites for hydroxylation is 1. The molecule has 1 N–H and O–H groups in total. The summed E-state index contributed by atoms with van der Waals surface area (Å²) in [5.41, 5.74) is 1.41. The fourth-order valence-corrected chi connectivity index (χ4v) is 5.23. The molecule has 0 spiro atoms. The standard InChI is InChI=1S/C29H34FN3O4S/c1-5-22(3)31-29(35)23(4)32(19-24-11-9-10-14-27(24)30)28(34)20-33(25-12-7-6-8-13-25)38(36,37)26-17-15-21(2)16-18-26/h6-18,22-23H,5,19-20H2,1-4H3,(H,31,35). The molecule has 0 aliphatic heterocycles. The zero-order valence-corrected chi connectivity index (χ0v) is 22.9. The predicted octanol–water partition coefficient (Wildman–Crippen LogP) is 4.66. The molecule has 0 radical (unpaired) electrons. The largest absolute Gasteiger partial charge is 0.352 e. The number of nitrogens with zero attached hydrogens (tertiary/aromatic N) is 2. The van der Waals surface area contributed by atoms with Crippen molar-refractivity contribution >= 4 is 27.5 Å². The minimum atomic E-state index is -4.14. The summed E-state index contributed by atoms with van der Waals surface area (Å²) in [4.78, 5) is 28.1. The number of carbonyl (C=O) groups excluding carboxylic acids is 2. The van der Waals surface area contributed by atoms with Crippen LogP contribution in [0.25, 0.3) is 0 Å². The first-order chi connectivity index (χ1) is 18.0. The van der Waals surface area contributed by atoms with Crippen LogP contribution in [-0.2, 0) is 26.2 Å². The first kappa shape index (κ1) is 28.8. The number of nitrogens with one attached hydrogen (secondary N) is 1. The van der Waals surface area contributed by atoms with Gasteiger partial charge in [0.2, 0.25) is 11.8 Å². The normalized spacial score (nSPS) is 12.9. The number of hydrogen-bond donors (Lipinski definition) is 1. The van der Waals surface area contributed by atoms with Gasteiger partial charge in [0.25, 0.3) is 10.0 Å². The van der Waals surface area contributed by atoms with Crippen molar-refractivity contribution in [2.75, 3.05) is 10.8 Å². The van der Waals surface area contributed by atoms with Crippen LogP contribution in [0.2, 0.25) is 0 Å². The van der Waals surface area contributed by atoms with E-state index in [1.54, 1.807) is 55.5 Å². The van der Waals surface area contributed by atoms with Crippen LogP contribution in [0.1, 0.15) is 38.3 Å². The second-order valence-corrected chi connectivity index (χ2v) is 11.1. The third kappa shape index (κ3) is 6.98. The summed E-state index contributed by atoms with van der Waals surface area (Å²) in [7, 11) is -4.14. The van der Waals surface area contributed by atoms with Crippen LogP contribution < -0.4 is 9.62 Å². The van der Waals surface area contributed by atoms with Gasteiger partial charge in [-0.2, -0.15) is 0 Å². The Morgan fingerprint density at radius 3 is 2.13 bits per heavy atom. The molecule has 3 aromatic carbocycles. The molecular formula is C29H34FN3O4S. The monoisotopic (exact) mass is 539 g/mol. The van der Waals surface area contributed by atoms with Gasteiger partial charge in [-0.1, -0.05) is 61.0 Å². The second kappa shape index (κ2) is 12.7. The SMILES string of the molecule is CCC(C)NC(=O)C(C)N(Cc1ccccc1F)C(=O)CN(c1ccccc1)S(=O)(=O)c1ccc(C)cc1. The Hall–Kier alpha value is -3.72. The Balaban J connectivity index is 2.01. The van der Waals surface area contributed by atoms with Crippen LogP contribution >= 0.6 is 0 Å². The summed E-state index contributed by atoms with van der Waals surface area (Å²) in [5.74, 6) is -1.57. The molecule has 9 heteroatoms. The van der Waals surface area contributed by atoms with Crippen LogP contribution in [0.3, 0.4) is 0 Å². The number of amides is 2. The van der Waals surface area contributed by atoms with Gasteiger partial charge in [0, 0.05) is 18.2 Å². The van der Waals surface area contributed by atoms with Gasteiger partial charge in [-0.05, 0) is 57.5 Å². The molecule has 7 nitrogen and oxygen atoms in total. The van der Waals surface area contributed by atoms with Crippen molar-refractivity contribution in [2.45, 2.75) is 57.6 Å². The number of para-hydroxylation sites is 1. The fourth-order valence-electron chi connectivity index (χ4n) is 3.82. The average molecular weight is 540 g/mol. The molecular weight excluding hydrogens is 505 g/mol. The van der Waals surface area contributed by atoms with Crippen molar-refractivity contribution in [3.05, 3.63) is 95.8 Å². The maximum atomic E-state index is 14.6. The van der Waals surface area contributed by atoms with E-state index in [9.17, 15) is 22.4 Å². The van der Waals surface area contributed by atoms with Crippen molar-refractivity contribution in [2.24, 2.45) is 0 Å². The van der Waals surface area contributed by atoms with Gasteiger partial charge in [0.15, 0.2) is 0 Å². The molecule has 0 aliphatic carbocycles. The third-order valence-electron chi connectivity index (χ3n) is 6.40. The van der Waals surface area contributed by atoms with Crippen molar-refractivity contribution in [3.63, 3.8) is 0 Å². The molecule has 202 valence electrons. The molecule has 2 amide bonds. The molecule has 0 saturated heterocycles. The minimum Gasteiger partial charge on any atom is -0.352 e. The summed E-state index contributed by atoms with van der Waals surface area (Å²) in [6.07, 6.45) is 0.691. The Kier molecular flexibility index (Phi) is 9.63. The van der Waals surface area contributed by atoms with Gasteiger partial charge < -0.3 is 10.2 Å². The van der Waals surface area contributed by atoms with Crippen LogP contribution in [0.4, 0.5) is 10.1 Å². The maximum absolute atomic E-state index is 14.6. The van der Waals surface area contributed by atoms with E-state index < -0.39 is 40.2 Å². The van der Waals surface area contributed by atoms with E-state index in [4.69, 9.17) is 0 Å². The van der Waals surface area contributed by atoms with Gasteiger partial charge >= 0.3 is 0 Å². The van der Waals surface area contributed by atoms with Gasteiger partial charge in [-0.15, -0.1) is 0 Å². The lowest BCUT2D eigenvalue weighted by Crippen LogP contribution is -2.52. The number of carbonyl (C=O) groups is 2. The molecule has 38 heavy (non-hydrogen) atoms. The van der Waals surface area contributed by atoms with Crippen LogP contribution in [0, 0.1) is 12.7 Å². The molecule has 2 unspecified atom stereocenters. The lowest BCUT2D eigenvalue weighted by Gasteiger charge is -2.32. The highest BCUT2D eigenvalue weighted by molar-refractivity contribution is 7.92. The summed E-state index contributed by atoms with van der Waals surface area (Å²) in [6, 6.07) is 19.5. The maximum Gasteiger partial charge on any atom is 0.264 e. The highest BCUT2D eigenvalue weighted by Crippen LogP contribution is 2.25. The van der Waals surface area contributed by atoms with Crippen molar-refractivity contribution in [1.29, 1.82) is 0 Å². The highest BCUT2D eigenvalue weighted by Gasteiger charge is 2.33. The summed E-state index contributed by atoms with van der Waals surface area (Å²) in [5, 5.41) is 2.85. The third-order valence-corrected chi connectivity index (χ3v) is 8.19. The van der Waals surface area contributed by atoms with Crippen LogP contribution in [-0.4, -0.2) is 43.8 Å². The minimum absolute atomic E-state index is 0.0305. The highest BCUT2D eigenvalue weighted by atomic mass is 32.2. The molecule has 0 aromatic heterocycles. The smallest absolute Gasteiger partial charge is 0.264 e. The molecule has 0 fully saturated rings. The Morgan fingerprint density at radius 2 is 1.53 bits per heavy atom. The fraction of sp³-hybridized carbons (Fsp3) is 0.310. The Bertz CT molecular complexity index is 1350. The Labute approximate surface area is 224 Å². The van der Waals surface area contributed by atoms with Crippen LogP contribution in [0.5, 0.6) is 0 Å². The number of benzene rings is 3. The predicted molar refractivity (Wildman–Crippen MR) is 146 cm³/mol. The average Bonchev–Trinajstić information content (AvgIpc) is 2.91. The zero-order valence-electron chi connectivity index (χ0n) is 22.1. The number of hydrogen-bond acceptors (Lipinski definition) is 4. The summed E-state index contributed by atoms with van der Waals surface area (Å²) < 4.78 is 43.0. The molecule has 0 aliphatic rings. The van der Waals surface area contributed by atoms with E-state index in [0.717, 1.165) is 9.87 Å². The van der Waals surface area contributed by atoms with Gasteiger partial charge in [-0.3, -0.25) is 13.9 Å². The lowest BCUT2D eigenvalue weighted by atomic mass is 10.1. The van der Waals surface area contributed by atoms with E-state index >= 15 is 0 Å². The van der Waals surface area contributed by atoms with E-state index in [2.05, 4.69) is 5.32 Å². The number of anilines is 1. The van der Waals surface area contributed by atoms with E-state index in [-0.39, 0.29) is 23.0 Å². The number of sulfonamides is 1. The zero-order chi connectivity index (χ0) is 27.9. The number of rotatable bonds is 11. The molecule has 0 bridgehead atoms. The summed E-state index contributed by atoms with van der Waals surface area (Å²) >= 11 is 0. The molecule has 2 atom stereocenters.